The maximum Gasteiger partial charge on any atom is 0.244 e. The van der Waals surface area contributed by atoms with E-state index in [1.807, 2.05) is 19.1 Å². The van der Waals surface area contributed by atoms with Crippen molar-refractivity contribution >= 4 is 39.1 Å². The van der Waals surface area contributed by atoms with E-state index in [4.69, 9.17) is 0 Å². The summed E-state index contributed by atoms with van der Waals surface area (Å²) >= 11 is 3.41. The van der Waals surface area contributed by atoms with Gasteiger partial charge in [-0.15, -0.1) is 0 Å². The number of rotatable bonds is 4. The highest BCUT2D eigenvalue weighted by Crippen LogP contribution is 2.22. The average molecular weight is 386 g/mol. The minimum atomic E-state index is -0.339. The molecule has 0 aliphatic carbocycles. The Morgan fingerprint density at radius 1 is 1.25 bits per heavy atom. The van der Waals surface area contributed by atoms with E-state index in [0.29, 0.717) is 16.9 Å². The molecule has 0 heterocycles. The molecule has 1 N–H and O–H groups in total. The van der Waals surface area contributed by atoms with Gasteiger partial charge < -0.3 is 10.2 Å². The Hall–Kier alpha value is -2.65. The first-order valence-corrected chi connectivity index (χ1v) is 8.05. The number of amides is 2. The SMILES string of the molecule is CC(=O)N(CC(=O)Nc1ccc(C)c(Br)c1)c1ccccc1C#N. The van der Waals surface area contributed by atoms with Crippen molar-refractivity contribution in [2.75, 3.05) is 16.8 Å². The first-order valence-electron chi connectivity index (χ1n) is 7.25. The maximum atomic E-state index is 12.3. The molecule has 0 aliphatic rings. The Bertz CT molecular complexity index is 827. The van der Waals surface area contributed by atoms with Gasteiger partial charge in [-0.1, -0.05) is 34.1 Å². The van der Waals surface area contributed by atoms with Crippen LogP contribution < -0.4 is 10.2 Å². The molecule has 2 aromatic rings. The zero-order chi connectivity index (χ0) is 17.7. The van der Waals surface area contributed by atoms with E-state index in [2.05, 4.69) is 21.2 Å². The van der Waals surface area contributed by atoms with Crippen molar-refractivity contribution in [2.24, 2.45) is 0 Å². The van der Waals surface area contributed by atoms with Crippen LogP contribution in [0.4, 0.5) is 11.4 Å². The highest BCUT2D eigenvalue weighted by atomic mass is 79.9. The van der Waals surface area contributed by atoms with Gasteiger partial charge in [-0.25, -0.2) is 0 Å². The number of para-hydroxylation sites is 1. The monoisotopic (exact) mass is 385 g/mol. The van der Waals surface area contributed by atoms with Gasteiger partial charge in [0, 0.05) is 17.1 Å². The highest BCUT2D eigenvalue weighted by molar-refractivity contribution is 9.10. The number of halogens is 1. The van der Waals surface area contributed by atoms with Gasteiger partial charge in [0.2, 0.25) is 11.8 Å². The second-order valence-corrected chi connectivity index (χ2v) is 6.10. The van der Waals surface area contributed by atoms with E-state index in [1.54, 1.807) is 36.4 Å². The third-order valence-corrected chi connectivity index (χ3v) is 4.31. The largest absolute Gasteiger partial charge is 0.324 e. The maximum absolute atomic E-state index is 12.3. The second-order valence-electron chi connectivity index (χ2n) is 5.25. The number of anilines is 2. The first-order chi connectivity index (χ1) is 11.4. The van der Waals surface area contributed by atoms with Crippen LogP contribution in [0.3, 0.4) is 0 Å². The molecule has 0 atom stereocenters. The van der Waals surface area contributed by atoms with Gasteiger partial charge in [0.25, 0.3) is 0 Å². The Balaban J connectivity index is 2.19. The molecule has 0 radical (unpaired) electrons. The summed E-state index contributed by atoms with van der Waals surface area (Å²) in [5.41, 5.74) is 2.46. The standard InChI is InChI=1S/C18H16BrN3O2/c1-12-7-8-15(9-16(12)19)21-18(24)11-22(13(2)23)17-6-4-3-5-14(17)10-20/h3-9H,11H2,1-2H3,(H,21,24). The summed E-state index contributed by atoms with van der Waals surface area (Å²) < 4.78 is 0.888. The van der Waals surface area contributed by atoms with Crippen LogP contribution >= 0.6 is 15.9 Å². The number of carbonyl (C=O) groups is 2. The number of nitrogens with zero attached hydrogens (tertiary/aromatic N) is 2. The lowest BCUT2D eigenvalue weighted by atomic mass is 10.1. The molecule has 24 heavy (non-hydrogen) atoms. The van der Waals surface area contributed by atoms with Crippen LogP contribution in [-0.4, -0.2) is 18.4 Å². The molecule has 6 heteroatoms. The summed E-state index contributed by atoms with van der Waals surface area (Å²) in [6.07, 6.45) is 0. The zero-order valence-corrected chi connectivity index (χ0v) is 14.9. The Morgan fingerprint density at radius 2 is 1.96 bits per heavy atom. The summed E-state index contributed by atoms with van der Waals surface area (Å²) in [5.74, 6) is -0.647. The molecule has 0 saturated heterocycles. The van der Waals surface area contributed by atoms with Gasteiger partial charge >= 0.3 is 0 Å². The topological polar surface area (TPSA) is 73.2 Å². The number of benzene rings is 2. The Morgan fingerprint density at radius 3 is 2.58 bits per heavy atom. The molecule has 0 bridgehead atoms. The Labute approximate surface area is 149 Å². The molecule has 0 saturated carbocycles. The summed E-state index contributed by atoms with van der Waals surface area (Å²) in [7, 11) is 0. The van der Waals surface area contributed by atoms with Crippen molar-refractivity contribution in [3.63, 3.8) is 0 Å². The number of hydrogen-bond acceptors (Lipinski definition) is 3. The van der Waals surface area contributed by atoms with Crippen LogP contribution in [0.15, 0.2) is 46.9 Å². The number of carbonyl (C=O) groups excluding carboxylic acids is 2. The normalized spacial score (nSPS) is 9.92. The lowest BCUT2D eigenvalue weighted by Gasteiger charge is -2.21. The smallest absolute Gasteiger partial charge is 0.244 e. The number of aryl methyl sites for hydroxylation is 1. The number of nitrogens with one attached hydrogen (secondary N) is 1. The van der Waals surface area contributed by atoms with Crippen molar-refractivity contribution in [1.82, 2.24) is 0 Å². The van der Waals surface area contributed by atoms with Crippen molar-refractivity contribution in [1.29, 1.82) is 5.26 Å². The third-order valence-electron chi connectivity index (χ3n) is 3.45. The molecule has 5 nitrogen and oxygen atoms in total. The van der Waals surface area contributed by atoms with Gasteiger partial charge in [0.05, 0.1) is 11.3 Å². The van der Waals surface area contributed by atoms with Crippen LogP contribution in [-0.2, 0) is 9.59 Å². The van der Waals surface area contributed by atoms with Gasteiger partial charge in [0.15, 0.2) is 0 Å². The van der Waals surface area contributed by atoms with Crippen LogP contribution in [0.2, 0.25) is 0 Å². The average Bonchev–Trinajstić information content (AvgIpc) is 2.56. The molecule has 0 fully saturated rings. The molecule has 0 unspecified atom stereocenters. The lowest BCUT2D eigenvalue weighted by Crippen LogP contribution is -2.37. The quantitative estimate of drug-likeness (QED) is 0.872. The Kier molecular flexibility index (Phi) is 5.72. The fourth-order valence-electron chi connectivity index (χ4n) is 2.18. The summed E-state index contributed by atoms with van der Waals surface area (Å²) in [6.45, 7) is 3.15. The van der Waals surface area contributed by atoms with Crippen molar-refractivity contribution in [3.8, 4) is 6.07 Å². The van der Waals surface area contributed by atoms with Gasteiger partial charge in [-0.3, -0.25) is 9.59 Å². The second kappa shape index (κ2) is 7.75. The van der Waals surface area contributed by atoms with Crippen LogP contribution in [0.1, 0.15) is 18.1 Å². The molecule has 2 aromatic carbocycles. The third kappa shape index (κ3) is 4.21. The van der Waals surface area contributed by atoms with Gasteiger partial charge in [-0.05, 0) is 36.8 Å². The van der Waals surface area contributed by atoms with Crippen LogP contribution in [0.25, 0.3) is 0 Å². The van der Waals surface area contributed by atoms with E-state index in [1.165, 1.54) is 11.8 Å². The molecule has 0 spiro atoms. The van der Waals surface area contributed by atoms with Crippen molar-refractivity contribution < 1.29 is 9.59 Å². The van der Waals surface area contributed by atoms with E-state index in [0.717, 1.165) is 10.0 Å². The van der Waals surface area contributed by atoms with E-state index in [9.17, 15) is 14.9 Å². The molecule has 0 aliphatic heterocycles. The molecular weight excluding hydrogens is 370 g/mol. The predicted molar refractivity (Wildman–Crippen MR) is 96.7 cm³/mol. The van der Waals surface area contributed by atoms with Crippen LogP contribution in [0, 0.1) is 18.3 Å². The van der Waals surface area contributed by atoms with Gasteiger partial charge in [-0.2, -0.15) is 5.26 Å². The molecule has 0 aromatic heterocycles. The van der Waals surface area contributed by atoms with E-state index >= 15 is 0 Å². The fourth-order valence-corrected chi connectivity index (χ4v) is 2.56. The molecule has 122 valence electrons. The zero-order valence-electron chi connectivity index (χ0n) is 13.3. The van der Waals surface area contributed by atoms with Crippen LogP contribution in [0.5, 0.6) is 0 Å². The summed E-state index contributed by atoms with van der Waals surface area (Å²) in [4.78, 5) is 25.5. The van der Waals surface area contributed by atoms with E-state index < -0.39 is 0 Å². The first kappa shape index (κ1) is 17.7. The van der Waals surface area contributed by atoms with Crippen molar-refractivity contribution in [3.05, 3.63) is 58.1 Å². The highest BCUT2D eigenvalue weighted by Gasteiger charge is 2.18. The van der Waals surface area contributed by atoms with E-state index in [-0.39, 0.29) is 18.4 Å². The predicted octanol–water partition coefficient (Wildman–Crippen LogP) is 3.62. The number of hydrogen-bond donors (Lipinski definition) is 1. The lowest BCUT2D eigenvalue weighted by molar-refractivity contribution is -0.120. The fraction of sp³-hybridized carbons (Fsp3) is 0.167. The summed E-state index contributed by atoms with van der Waals surface area (Å²) in [5, 5.41) is 11.9. The summed E-state index contributed by atoms with van der Waals surface area (Å²) in [6, 6.07) is 14.2. The molecule has 2 rings (SSSR count). The minimum absolute atomic E-state index is 0.167. The molecular formula is C18H16BrN3O2. The minimum Gasteiger partial charge on any atom is -0.324 e. The number of nitriles is 1. The van der Waals surface area contributed by atoms with Gasteiger partial charge in [0.1, 0.15) is 12.6 Å². The van der Waals surface area contributed by atoms with Crippen molar-refractivity contribution in [2.45, 2.75) is 13.8 Å². The molecule has 2 amide bonds.